The second-order valence-corrected chi connectivity index (χ2v) is 16.8. The fourth-order valence-corrected chi connectivity index (χ4v) is 4.54. The van der Waals surface area contributed by atoms with Gasteiger partial charge < -0.3 is 0 Å². The molecule has 0 fully saturated rings. The molecular formula is C34H58Mn. The third-order valence-electron chi connectivity index (χ3n) is 6.98. The van der Waals surface area contributed by atoms with Crippen LogP contribution in [-0.4, -0.2) is 0 Å². The van der Waals surface area contributed by atoms with Crippen LogP contribution in [0.25, 0.3) is 0 Å². The van der Waals surface area contributed by atoms with Crippen molar-refractivity contribution >= 4 is 0 Å². The van der Waals surface area contributed by atoms with Gasteiger partial charge in [-0.15, -0.1) is 0 Å². The molecule has 0 saturated carbocycles. The molecule has 0 aromatic carbocycles. The molecule has 0 spiro atoms. The summed E-state index contributed by atoms with van der Waals surface area (Å²) in [4.78, 5) is 0. The summed E-state index contributed by atoms with van der Waals surface area (Å²) >= 11 is 0. The molecule has 0 aromatic rings. The minimum atomic E-state index is 0. The van der Waals surface area contributed by atoms with Crippen molar-refractivity contribution in [1.82, 2.24) is 0 Å². The maximum atomic E-state index is 3.72. The van der Waals surface area contributed by atoms with E-state index in [9.17, 15) is 0 Å². The zero-order valence-electron chi connectivity index (χ0n) is 26.8. The number of hydrogen-bond donors (Lipinski definition) is 0. The Morgan fingerprint density at radius 1 is 0.371 bits per heavy atom. The number of allylic oxidation sites excluding steroid dienone is 8. The Morgan fingerprint density at radius 3 is 0.714 bits per heavy atom. The maximum Gasteiger partial charge on any atom is 2.00 e. The summed E-state index contributed by atoms with van der Waals surface area (Å²) in [7, 11) is 0. The van der Waals surface area contributed by atoms with Gasteiger partial charge in [-0.2, -0.15) is 11.1 Å². The zero-order chi connectivity index (χ0) is 27.3. The van der Waals surface area contributed by atoms with Crippen LogP contribution < -0.4 is 0 Å². The minimum absolute atomic E-state index is 0. The predicted molar refractivity (Wildman–Crippen MR) is 154 cm³/mol. The second-order valence-electron chi connectivity index (χ2n) is 16.8. The van der Waals surface area contributed by atoms with Crippen LogP contribution in [0.15, 0.2) is 33.4 Å². The first-order valence-electron chi connectivity index (χ1n) is 13.4. The van der Waals surface area contributed by atoms with Crippen molar-refractivity contribution < 1.29 is 17.1 Å². The van der Waals surface area contributed by atoms with Gasteiger partial charge in [0, 0.05) is 0 Å². The zero-order valence-corrected chi connectivity index (χ0v) is 28.0. The SMILES string of the molecule is CC(C)(C)C1=[C-]C(C(C)(C)C)=C(C(C)(C)C)C1.CC(C)(C)C1=[C-]C(C(C)(C)C)=C(C(C)(C)C)C1.[Mn+2]. The Kier molecular flexibility index (Phi) is 10.5. The van der Waals surface area contributed by atoms with Crippen molar-refractivity contribution in [3.63, 3.8) is 0 Å². The molecule has 2 aliphatic carbocycles. The van der Waals surface area contributed by atoms with E-state index in [0.29, 0.717) is 0 Å². The van der Waals surface area contributed by atoms with Crippen LogP contribution in [0.1, 0.15) is 137 Å². The second kappa shape index (κ2) is 10.7. The summed E-state index contributed by atoms with van der Waals surface area (Å²) in [6.07, 6.45) is 9.67. The fraction of sp³-hybridized carbons (Fsp3) is 0.765. The average molecular weight is 522 g/mol. The molecule has 35 heavy (non-hydrogen) atoms. The third kappa shape index (κ3) is 9.38. The Bertz CT molecular complexity index is 795. The number of hydrogen-bond acceptors (Lipinski definition) is 0. The van der Waals surface area contributed by atoms with Gasteiger partial charge in [0.1, 0.15) is 0 Å². The molecule has 0 atom stereocenters. The Balaban J connectivity index is 0.000000642. The molecule has 0 unspecified atom stereocenters. The van der Waals surface area contributed by atoms with Crippen molar-refractivity contribution in [1.29, 1.82) is 0 Å². The first-order valence-corrected chi connectivity index (χ1v) is 13.4. The van der Waals surface area contributed by atoms with E-state index >= 15 is 0 Å². The molecule has 0 N–H and O–H groups in total. The minimum Gasteiger partial charge on any atom is -0.248 e. The Morgan fingerprint density at radius 2 is 0.600 bits per heavy atom. The molecule has 0 heterocycles. The largest absolute Gasteiger partial charge is 2.00 e. The van der Waals surface area contributed by atoms with Crippen LogP contribution in [0, 0.1) is 44.6 Å². The van der Waals surface area contributed by atoms with E-state index in [1.165, 1.54) is 22.3 Å². The van der Waals surface area contributed by atoms with Gasteiger partial charge in [0.15, 0.2) is 0 Å². The normalized spacial score (nSPS) is 18.2. The molecule has 0 aliphatic heterocycles. The van der Waals surface area contributed by atoms with Crippen molar-refractivity contribution in [2.45, 2.75) is 137 Å². The monoisotopic (exact) mass is 521 g/mol. The summed E-state index contributed by atoms with van der Waals surface area (Å²) in [6.45, 7) is 41.5. The maximum absolute atomic E-state index is 3.72. The van der Waals surface area contributed by atoms with Gasteiger partial charge in [-0.1, -0.05) is 148 Å². The molecule has 201 valence electrons. The molecule has 0 bridgehead atoms. The standard InChI is InChI=1S/2C17H29.Mn/c2*1-15(2,3)12-10-13(16(4,5)6)14(11-12)17(7,8)9;/h2*10H2,1-9H3;/q2*-1;+2. The number of rotatable bonds is 0. The Labute approximate surface area is 232 Å². The summed E-state index contributed by atoms with van der Waals surface area (Å²) in [5.41, 5.74) is 10.4. The summed E-state index contributed by atoms with van der Waals surface area (Å²) in [5, 5.41) is 0. The molecule has 0 amide bonds. The van der Waals surface area contributed by atoms with Crippen LogP contribution in [0.2, 0.25) is 0 Å². The van der Waals surface area contributed by atoms with E-state index < -0.39 is 0 Å². The summed E-state index contributed by atoms with van der Waals surface area (Å²) < 4.78 is 0. The van der Waals surface area contributed by atoms with Crippen LogP contribution in [0.4, 0.5) is 0 Å². The smallest absolute Gasteiger partial charge is 0.248 e. The van der Waals surface area contributed by atoms with Gasteiger partial charge in [0.25, 0.3) is 0 Å². The van der Waals surface area contributed by atoms with E-state index in [2.05, 4.69) is 137 Å². The first-order chi connectivity index (χ1) is 14.7. The van der Waals surface area contributed by atoms with Gasteiger partial charge in [0.05, 0.1) is 0 Å². The molecule has 0 nitrogen and oxygen atoms in total. The van der Waals surface area contributed by atoms with Gasteiger partial charge >= 0.3 is 17.1 Å². The van der Waals surface area contributed by atoms with Crippen LogP contribution in [0.5, 0.6) is 0 Å². The Hall–Kier alpha value is -0.521. The molecule has 0 saturated heterocycles. The van der Waals surface area contributed by atoms with Gasteiger partial charge in [-0.25, -0.2) is 34.4 Å². The van der Waals surface area contributed by atoms with Crippen molar-refractivity contribution in [2.24, 2.45) is 32.5 Å². The molecule has 1 radical (unpaired) electrons. The van der Waals surface area contributed by atoms with E-state index in [1.54, 1.807) is 11.1 Å². The average Bonchev–Trinajstić information content (AvgIpc) is 3.18. The van der Waals surface area contributed by atoms with Gasteiger partial charge in [-0.3, -0.25) is 0 Å². The van der Waals surface area contributed by atoms with Crippen LogP contribution in [0.3, 0.4) is 0 Å². The van der Waals surface area contributed by atoms with E-state index in [4.69, 9.17) is 0 Å². The van der Waals surface area contributed by atoms with Crippen molar-refractivity contribution in [3.05, 3.63) is 45.6 Å². The molecule has 1 heteroatoms. The third-order valence-corrected chi connectivity index (χ3v) is 6.98. The van der Waals surface area contributed by atoms with E-state index in [0.717, 1.165) is 12.8 Å². The van der Waals surface area contributed by atoms with Crippen LogP contribution in [-0.2, 0) is 17.1 Å². The molecule has 0 aromatic heterocycles. The summed E-state index contributed by atoms with van der Waals surface area (Å²) in [5.74, 6) is 0. The topological polar surface area (TPSA) is 0 Å². The molecule has 2 aliphatic rings. The quantitative estimate of drug-likeness (QED) is 0.220. The van der Waals surface area contributed by atoms with Crippen molar-refractivity contribution in [2.75, 3.05) is 0 Å². The molecular weight excluding hydrogens is 463 g/mol. The van der Waals surface area contributed by atoms with Crippen molar-refractivity contribution in [3.8, 4) is 0 Å². The van der Waals surface area contributed by atoms with Gasteiger partial charge in [0.2, 0.25) is 0 Å². The summed E-state index contributed by atoms with van der Waals surface area (Å²) in [6, 6.07) is 0. The first kappa shape index (κ1) is 34.5. The predicted octanol–water partition coefficient (Wildman–Crippen LogP) is 11.1. The fourth-order valence-electron chi connectivity index (χ4n) is 4.54. The van der Waals surface area contributed by atoms with Crippen LogP contribution >= 0.6 is 0 Å². The van der Waals surface area contributed by atoms with E-state index in [1.807, 2.05) is 0 Å². The van der Waals surface area contributed by atoms with E-state index in [-0.39, 0.29) is 49.6 Å². The molecule has 2 rings (SSSR count). The van der Waals surface area contributed by atoms with Gasteiger partial charge in [-0.05, 0) is 21.7 Å².